The maximum atomic E-state index is 14.5. The molecule has 0 aromatic heterocycles. The number of carbonyl (C=O) groups is 2. The van der Waals surface area contributed by atoms with Crippen LogP contribution >= 0.6 is 0 Å². The van der Waals surface area contributed by atoms with Gasteiger partial charge in [0.05, 0.1) is 12.1 Å². The second-order valence-corrected chi connectivity index (χ2v) is 8.38. The van der Waals surface area contributed by atoms with E-state index in [-0.39, 0.29) is 30.6 Å². The lowest BCUT2D eigenvalue weighted by molar-refractivity contribution is 0.0100. The fourth-order valence-corrected chi connectivity index (χ4v) is 3.16. The number of benzene rings is 1. The van der Waals surface area contributed by atoms with E-state index < -0.39 is 11.7 Å². The molecule has 7 nitrogen and oxygen atoms in total. The van der Waals surface area contributed by atoms with Gasteiger partial charge in [-0.05, 0) is 40.7 Å². The van der Waals surface area contributed by atoms with Crippen LogP contribution in [0.25, 0.3) is 0 Å². The molecular formula is C21H32FN3O4. The summed E-state index contributed by atoms with van der Waals surface area (Å²) in [7, 11) is 0. The van der Waals surface area contributed by atoms with Gasteiger partial charge in [0, 0.05) is 38.3 Å². The highest BCUT2D eigenvalue weighted by atomic mass is 19.1. The third-order valence-electron chi connectivity index (χ3n) is 4.45. The molecule has 162 valence electrons. The summed E-state index contributed by atoms with van der Waals surface area (Å²) in [5.41, 5.74) is -0.0481. The van der Waals surface area contributed by atoms with E-state index in [9.17, 15) is 14.0 Å². The van der Waals surface area contributed by atoms with Crippen LogP contribution in [-0.4, -0.2) is 66.4 Å². The molecule has 1 atom stereocenters. The predicted octanol–water partition coefficient (Wildman–Crippen LogP) is 3.55. The summed E-state index contributed by atoms with van der Waals surface area (Å²) in [5.74, 6) is -0.328. The lowest BCUT2D eigenvalue weighted by atomic mass is 10.0. The normalized spacial score (nSPS) is 16.4. The third kappa shape index (κ3) is 7.20. The fourth-order valence-electron chi connectivity index (χ4n) is 3.16. The number of nitrogens with one attached hydrogen (secondary N) is 1. The van der Waals surface area contributed by atoms with Gasteiger partial charge in [-0.15, -0.1) is 0 Å². The van der Waals surface area contributed by atoms with Crippen molar-refractivity contribution in [3.63, 3.8) is 0 Å². The molecule has 1 aromatic rings. The molecule has 0 aliphatic carbocycles. The number of piperazine rings is 1. The first-order valence-corrected chi connectivity index (χ1v) is 9.97. The lowest BCUT2D eigenvalue weighted by Crippen LogP contribution is -2.52. The maximum Gasteiger partial charge on any atom is 0.410 e. The lowest BCUT2D eigenvalue weighted by Gasteiger charge is -2.39. The van der Waals surface area contributed by atoms with E-state index in [4.69, 9.17) is 9.47 Å². The maximum absolute atomic E-state index is 14.5. The Kier molecular flexibility index (Phi) is 7.84. The number of ether oxygens (including phenoxy) is 2. The number of halogens is 1. The summed E-state index contributed by atoms with van der Waals surface area (Å²) in [6.45, 7) is 11.3. The predicted molar refractivity (Wildman–Crippen MR) is 108 cm³/mol. The van der Waals surface area contributed by atoms with Crippen LogP contribution in [0.3, 0.4) is 0 Å². The Morgan fingerprint density at radius 2 is 1.76 bits per heavy atom. The summed E-state index contributed by atoms with van der Waals surface area (Å²) < 4.78 is 25.0. The Balaban J connectivity index is 2.05. The molecule has 1 unspecified atom stereocenters. The number of hydrogen-bond acceptors (Lipinski definition) is 5. The summed E-state index contributed by atoms with van der Waals surface area (Å²) in [4.78, 5) is 27.9. The molecule has 2 rings (SSSR count). The summed E-state index contributed by atoms with van der Waals surface area (Å²) in [6, 6.07) is 6.17. The van der Waals surface area contributed by atoms with Crippen LogP contribution in [0.5, 0.6) is 0 Å². The van der Waals surface area contributed by atoms with Gasteiger partial charge in [0.15, 0.2) is 0 Å². The minimum Gasteiger partial charge on any atom is -0.447 e. The monoisotopic (exact) mass is 409 g/mol. The molecule has 1 aliphatic heterocycles. The minimum atomic E-state index is -0.551. The fraction of sp³-hybridized carbons (Fsp3) is 0.619. The standard InChI is InChI=1S/C21H32FN3O4/c1-15(2)28-19(26)23-14-18(16-8-6-7-9-17(16)22)24-10-12-25(13-11-24)20(27)29-21(3,4)5/h6-9,15,18H,10-14H2,1-5H3,(H,23,26). The molecule has 0 bridgehead atoms. The Morgan fingerprint density at radius 3 is 2.31 bits per heavy atom. The van der Waals surface area contributed by atoms with Crippen LogP contribution in [0.4, 0.5) is 14.0 Å². The Labute approximate surface area is 172 Å². The zero-order valence-electron chi connectivity index (χ0n) is 17.9. The van der Waals surface area contributed by atoms with Gasteiger partial charge in [0.25, 0.3) is 0 Å². The van der Waals surface area contributed by atoms with Gasteiger partial charge in [-0.1, -0.05) is 18.2 Å². The number of alkyl carbamates (subject to hydrolysis) is 1. The van der Waals surface area contributed by atoms with Crippen molar-refractivity contribution >= 4 is 12.2 Å². The minimum absolute atomic E-state index is 0.207. The summed E-state index contributed by atoms with van der Waals surface area (Å²) >= 11 is 0. The van der Waals surface area contributed by atoms with Crippen LogP contribution in [0.1, 0.15) is 46.2 Å². The molecule has 8 heteroatoms. The topological polar surface area (TPSA) is 71.1 Å². The molecule has 1 N–H and O–H groups in total. The van der Waals surface area contributed by atoms with Gasteiger partial charge in [-0.3, -0.25) is 4.90 Å². The van der Waals surface area contributed by atoms with E-state index in [1.54, 1.807) is 36.9 Å². The van der Waals surface area contributed by atoms with E-state index in [0.29, 0.717) is 31.7 Å². The van der Waals surface area contributed by atoms with Crippen molar-refractivity contribution in [3.05, 3.63) is 35.6 Å². The molecule has 0 spiro atoms. The number of nitrogens with zero attached hydrogens (tertiary/aromatic N) is 2. The Bertz CT molecular complexity index is 697. The van der Waals surface area contributed by atoms with E-state index >= 15 is 0 Å². The van der Waals surface area contributed by atoms with Crippen molar-refractivity contribution in [2.24, 2.45) is 0 Å². The molecule has 2 amide bonds. The second-order valence-electron chi connectivity index (χ2n) is 8.38. The molecule has 1 fully saturated rings. The quantitative estimate of drug-likeness (QED) is 0.805. The highest BCUT2D eigenvalue weighted by Gasteiger charge is 2.30. The highest BCUT2D eigenvalue weighted by molar-refractivity contribution is 5.68. The second kappa shape index (κ2) is 9.91. The molecule has 1 aromatic carbocycles. The van der Waals surface area contributed by atoms with Crippen molar-refractivity contribution in [1.82, 2.24) is 15.1 Å². The smallest absolute Gasteiger partial charge is 0.410 e. The molecular weight excluding hydrogens is 377 g/mol. The van der Waals surface area contributed by atoms with Crippen LogP contribution in [0, 0.1) is 5.82 Å². The van der Waals surface area contributed by atoms with Gasteiger partial charge in [-0.25, -0.2) is 14.0 Å². The van der Waals surface area contributed by atoms with Gasteiger partial charge < -0.3 is 19.7 Å². The van der Waals surface area contributed by atoms with E-state index in [1.807, 2.05) is 20.8 Å². The average molecular weight is 410 g/mol. The van der Waals surface area contributed by atoms with E-state index in [1.165, 1.54) is 6.07 Å². The average Bonchev–Trinajstić information content (AvgIpc) is 2.61. The van der Waals surface area contributed by atoms with Crippen LogP contribution in [0.2, 0.25) is 0 Å². The van der Waals surface area contributed by atoms with Gasteiger partial charge in [0.1, 0.15) is 11.4 Å². The zero-order valence-corrected chi connectivity index (χ0v) is 17.9. The first-order valence-electron chi connectivity index (χ1n) is 9.97. The van der Waals surface area contributed by atoms with Gasteiger partial charge in [0.2, 0.25) is 0 Å². The SMILES string of the molecule is CC(C)OC(=O)NCC(c1ccccc1F)N1CCN(C(=O)OC(C)(C)C)CC1. The first kappa shape index (κ1) is 22.9. The van der Waals surface area contributed by atoms with Gasteiger partial charge in [-0.2, -0.15) is 0 Å². The summed E-state index contributed by atoms with van der Waals surface area (Å²) in [5, 5.41) is 2.73. The van der Waals surface area contributed by atoms with Crippen molar-refractivity contribution in [3.8, 4) is 0 Å². The molecule has 1 aliphatic rings. The Morgan fingerprint density at radius 1 is 1.14 bits per heavy atom. The molecule has 0 radical (unpaired) electrons. The largest absolute Gasteiger partial charge is 0.447 e. The van der Waals surface area contributed by atoms with Crippen molar-refractivity contribution in [1.29, 1.82) is 0 Å². The molecule has 29 heavy (non-hydrogen) atoms. The zero-order chi connectivity index (χ0) is 21.6. The van der Waals surface area contributed by atoms with E-state index in [2.05, 4.69) is 10.2 Å². The third-order valence-corrected chi connectivity index (χ3v) is 4.45. The van der Waals surface area contributed by atoms with Crippen molar-refractivity contribution in [2.75, 3.05) is 32.7 Å². The highest BCUT2D eigenvalue weighted by Crippen LogP contribution is 2.25. The molecule has 1 heterocycles. The van der Waals surface area contributed by atoms with Crippen molar-refractivity contribution < 1.29 is 23.5 Å². The van der Waals surface area contributed by atoms with E-state index in [0.717, 1.165) is 0 Å². The summed E-state index contributed by atoms with van der Waals surface area (Å²) in [6.07, 6.45) is -1.12. The number of carbonyl (C=O) groups excluding carboxylic acids is 2. The van der Waals surface area contributed by atoms with Crippen LogP contribution in [0.15, 0.2) is 24.3 Å². The number of amides is 2. The van der Waals surface area contributed by atoms with Crippen molar-refractivity contribution in [2.45, 2.75) is 52.4 Å². The molecule has 0 saturated carbocycles. The Hall–Kier alpha value is -2.35. The number of hydrogen-bond donors (Lipinski definition) is 1. The number of rotatable bonds is 5. The van der Waals surface area contributed by atoms with Crippen LogP contribution in [-0.2, 0) is 9.47 Å². The first-order chi connectivity index (χ1) is 13.6. The molecule has 1 saturated heterocycles. The van der Waals surface area contributed by atoms with Crippen LogP contribution < -0.4 is 5.32 Å². The van der Waals surface area contributed by atoms with Gasteiger partial charge >= 0.3 is 12.2 Å².